The molecule has 0 spiro atoms. The third-order valence-electron chi connectivity index (χ3n) is 4.43. The van der Waals surface area contributed by atoms with Gasteiger partial charge in [0.25, 0.3) is 0 Å². The van der Waals surface area contributed by atoms with Crippen LogP contribution in [-0.2, 0) is 22.7 Å². The second-order valence-electron chi connectivity index (χ2n) is 6.17. The van der Waals surface area contributed by atoms with Crippen molar-refractivity contribution in [2.45, 2.75) is 32.0 Å². The van der Waals surface area contributed by atoms with Gasteiger partial charge in [0, 0.05) is 13.0 Å². The molecule has 0 aromatic heterocycles. The summed E-state index contributed by atoms with van der Waals surface area (Å²) >= 11 is 0. The molecule has 26 heavy (non-hydrogen) atoms. The number of benzene rings is 2. The van der Waals surface area contributed by atoms with Crippen LogP contribution < -0.4 is 9.47 Å². The van der Waals surface area contributed by atoms with E-state index in [1.807, 2.05) is 36.4 Å². The van der Waals surface area contributed by atoms with Crippen molar-refractivity contribution in [3.63, 3.8) is 0 Å². The Hall–Kier alpha value is -3.02. The number of carbonyl (C=O) groups is 2. The van der Waals surface area contributed by atoms with Crippen molar-refractivity contribution in [2.24, 2.45) is 0 Å². The third-order valence-corrected chi connectivity index (χ3v) is 4.43. The van der Waals surface area contributed by atoms with Crippen LogP contribution in [0.15, 0.2) is 48.5 Å². The minimum Gasteiger partial charge on any atom is -0.493 e. The van der Waals surface area contributed by atoms with Crippen LogP contribution in [0.3, 0.4) is 0 Å². The number of carbonyl (C=O) groups excluding carboxylic acids is 1. The topological polar surface area (TPSA) is 76.1 Å². The Morgan fingerprint density at radius 2 is 1.92 bits per heavy atom. The van der Waals surface area contributed by atoms with Gasteiger partial charge in [0.15, 0.2) is 11.5 Å². The number of aliphatic carboxylic acids is 1. The normalized spacial score (nSPS) is 16.6. The van der Waals surface area contributed by atoms with Crippen LogP contribution in [0, 0.1) is 0 Å². The number of likely N-dealkylation sites (tertiary alicyclic amines) is 1. The van der Waals surface area contributed by atoms with Crippen molar-refractivity contribution in [1.82, 2.24) is 4.90 Å². The minimum atomic E-state index is -0.967. The number of rotatable bonds is 7. The molecule has 136 valence electrons. The fourth-order valence-electron chi connectivity index (χ4n) is 3.05. The van der Waals surface area contributed by atoms with Crippen molar-refractivity contribution < 1.29 is 24.2 Å². The maximum atomic E-state index is 12.0. The molecule has 1 N–H and O–H groups in total. The molecule has 1 amide bonds. The standard InChI is InChI=1S/C20H21NO5/c1-25-18-11-15(12-21-16(20(23)24)8-10-19(21)22)7-9-17(18)26-13-14-5-3-2-4-6-14/h2-7,9,11,16H,8,10,12-13H2,1H3,(H,23,24)/t16-/m0/s1. The number of carboxylic acid groups (broad SMARTS) is 1. The lowest BCUT2D eigenvalue weighted by atomic mass is 10.1. The van der Waals surface area contributed by atoms with E-state index in [4.69, 9.17) is 9.47 Å². The Balaban J connectivity index is 1.72. The molecule has 0 aliphatic carbocycles. The van der Waals surface area contributed by atoms with Crippen LogP contribution in [0.5, 0.6) is 11.5 Å². The van der Waals surface area contributed by atoms with Crippen molar-refractivity contribution in [3.8, 4) is 11.5 Å². The van der Waals surface area contributed by atoms with Gasteiger partial charge in [-0.3, -0.25) is 4.79 Å². The highest BCUT2D eigenvalue weighted by Gasteiger charge is 2.35. The van der Waals surface area contributed by atoms with Gasteiger partial charge in [0.1, 0.15) is 12.6 Å². The zero-order valence-corrected chi connectivity index (χ0v) is 14.6. The average molecular weight is 355 g/mol. The van der Waals surface area contributed by atoms with E-state index < -0.39 is 12.0 Å². The largest absolute Gasteiger partial charge is 0.493 e. The molecule has 0 unspecified atom stereocenters. The van der Waals surface area contributed by atoms with Gasteiger partial charge in [0.05, 0.1) is 7.11 Å². The maximum Gasteiger partial charge on any atom is 0.326 e. The van der Waals surface area contributed by atoms with Gasteiger partial charge in [-0.1, -0.05) is 36.4 Å². The van der Waals surface area contributed by atoms with Crippen LogP contribution in [0.1, 0.15) is 24.0 Å². The van der Waals surface area contributed by atoms with E-state index in [9.17, 15) is 14.7 Å². The Labute approximate surface area is 152 Å². The first-order valence-electron chi connectivity index (χ1n) is 8.44. The van der Waals surface area contributed by atoms with E-state index in [1.165, 1.54) is 4.90 Å². The highest BCUT2D eigenvalue weighted by molar-refractivity contribution is 5.87. The number of hydrogen-bond donors (Lipinski definition) is 1. The van der Waals surface area contributed by atoms with Gasteiger partial charge in [-0.15, -0.1) is 0 Å². The molecule has 6 heteroatoms. The molecule has 1 heterocycles. The first-order chi connectivity index (χ1) is 12.6. The zero-order chi connectivity index (χ0) is 18.5. The van der Waals surface area contributed by atoms with E-state index in [2.05, 4.69) is 0 Å². The van der Waals surface area contributed by atoms with Gasteiger partial charge in [-0.05, 0) is 29.7 Å². The summed E-state index contributed by atoms with van der Waals surface area (Å²) in [7, 11) is 1.55. The van der Waals surface area contributed by atoms with Gasteiger partial charge in [-0.25, -0.2) is 4.79 Å². The molecule has 1 atom stereocenters. The predicted molar refractivity (Wildman–Crippen MR) is 95.0 cm³/mol. The van der Waals surface area contributed by atoms with Gasteiger partial charge >= 0.3 is 5.97 Å². The van der Waals surface area contributed by atoms with Crippen LogP contribution in [-0.4, -0.2) is 35.0 Å². The zero-order valence-electron chi connectivity index (χ0n) is 14.6. The lowest BCUT2D eigenvalue weighted by molar-refractivity contribution is -0.146. The molecule has 1 fully saturated rings. The summed E-state index contributed by atoms with van der Waals surface area (Å²) in [6, 6.07) is 14.4. The molecule has 3 rings (SSSR count). The smallest absolute Gasteiger partial charge is 0.326 e. The monoisotopic (exact) mass is 355 g/mol. The molecule has 1 aliphatic rings. The first kappa shape index (κ1) is 17.8. The fraction of sp³-hybridized carbons (Fsp3) is 0.300. The van der Waals surface area contributed by atoms with Crippen LogP contribution in [0.4, 0.5) is 0 Å². The number of ether oxygens (including phenoxy) is 2. The maximum absolute atomic E-state index is 12.0. The van der Waals surface area contributed by atoms with Crippen molar-refractivity contribution in [2.75, 3.05) is 7.11 Å². The van der Waals surface area contributed by atoms with Gasteiger partial charge in [0.2, 0.25) is 5.91 Å². The second kappa shape index (κ2) is 7.91. The number of nitrogens with zero attached hydrogens (tertiary/aromatic N) is 1. The van der Waals surface area contributed by atoms with Gasteiger partial charge < -0.3 is 19.5 Å². The summed E-state index contributed by atoms with van der Waals surface area (Å²) in [5, 5.41) is 9.26. The number of hydrogen-bond acceptors (Lipinski definition) is 4. The third kappa shape index (κ3) is 3.96. The first-order valence-corrected chi connectivity index (χ1v) is 8.44. The van der Waals surface area contributed by atoms with E-state index in [0.717, 1.165) is 11.1 Å². The molecule has 2 aromatic carbocycles. The van der Waals surface area contributed by atoms with Crippen LogP contribution >= 0.6 is 0 Å². The quantitative estimate of drug-likeness (QED) is 0.826. The molecular weight excluding hydrogens is 334 g/mol. The minimum absolute atomic E-state index is 0.138. The van der Waals surface area contributed by atoms with Crippen molar-refractivity contribution >= 4 is 11.9 Å². The van der Waals surface area contributed by atoms with Gasteiger partial charge in [-0.2, -0.15) is 0 Å². The fourth-order valence-corrected chi connectivity index (χ4v) is 3.05. The van der Waals surface area contributed by atoms with Crippen LogP contribution in [0.25, 0.3) is 0 Å². The number of methoxy groups -OCH3 is 1. The Morgan fingerprint density at radius 1 is 1.15 bits per heavy atom. The highest BCUT2D eigenvalue weighted by Crippen LogP contribution is 2.30. The second-order valence-corrected chi connectivity index (χ2v) is 6.17. The number of carboxylic acids is 1. The predicted octanol–water partition coefficient (Wildman–Crippen LogP) is 2.85. The molecule has 0 saturated carbocycles. The summed E-state index contributed by atoms with van der Waals surface area (Å²) in [6.07, 6.45) is 0.621. The van der Waals surface area contributed by atoms with Crippen molar-refractivity contribution in [1.29, 1.82) is 0 Å². The van der Waals surface area contributed by atoms with E-state index >= 15 is 0 Å². The van der Waals surface area contributed by atoms with Crippen molar-refractivity contribution in [3.05, 3.63) is 59.7 Å². The molecule has 0 radical (unpaired) electrons. The summed E-state index contributed by atoms with van der Waals surface area (Å²) in [6.45, 7) is 0.660. The SMILES string of the molecule is COc1cc(CN2C(=O)CC[C@H]2C(=O)O)ccc1OCc1ccccc1. The van der Waals surface area contributed by atoms with Crippen LogP contribution in [0.2, 0.25) is 0 Å². The summed E-state index contributed by atoms with van der Waals surface area (Å²) in [5.74, 6) is 0.0472. The molecule has 0 bridgehead atoms. The lowest BCUT2D eigenvalue weighted by Gasteiger charge is -2.22. The summed E-state index contributed by atoms with van der Waals surface area (Å²) < 4.78 is 11.2. The Morgan fingerprint density at radius 3 is 2.62 bits per heavy atom. The molecule has 1 saturated heterocycles. The molecular formula is C20H21NO5. The van der Waals surface area contributed by atoms with E-state index in [0.29, 0.717) is 24.5 Å². The summed E-state index contributed by atoms with van der Waals surface area (Å²) in [5.41, 5.74) is 1.85. The molecule has 2 aromatic rings. The molecule has 6 nitrogen and oxygen atoms in total. The average Bonchev–Trinajstić information content (AvgIpc) is 3.02. The Bertz CT molecular complexity index is 790. The Kier molecular flexibility index (Phi) is 5.41. The highest BCUT2D eigenvalue weighted by atomic mass is 16.5. The lowest BCUT2D eigenvalue weighted by Crippen LogP contribution is -2.37. The van der Waals surface area contributed by atoms with E-state index in [1.54, 1.807) is 19.2 Å². The molecule has 1 aliphatic heterocycles. The summed E-state index contributed by atoms with van der Waals surface area (Å²) in [4.78, 5) is 24.7. The number of amides is 1. The van der Waals surface area contributed by atoms with E-state index in [-0.39, 0.29) is 18.9 Å².